The van der Waals surface area contributed by atoms with E-state index in [1.807, 2.05) is 6.92 Å². The lowest BCUT2D eigenvalue weighted by Crippen LogP contribution is -2.05. The maximum absolute atomic E-state index is 10.9. The fourth-order valence-electron chi connectivity index (χ4n) is 7.12. The summed E-state index contributed by atoms with van der Waals surface area (Å²) in [5.74, 6) is -2.98. The highest BCUT2D eigenvalue weighted by molar-refractivity contribution is 5.89. The van der Waals surface area contributed by atoms with Crippen molar-refractivity contribution in [2.45, 2.75) is 335 Å². The summed E-state index contributed by atoms with van der Waals surface area (Å²) in [7, 11) is 0. The van der Waals surface area contributed by atoms with E-state index in [0.717, 1.165) is 141 Å². The summed E-state index contributed by atoms with van der Waals surface area (Å²) >= 11 is 0. The first-order valence-corrected chi connectivity index (χ1v) is 41.0. The van der Waals surface area contributed by atoms with Gasteiger partial charge in [-0.2, -0.15) is 0 Å². The molecule has 0 spiro atoms. The molecule has 646 valence electrons. The van der Waals surface area contributed by atoms with Crippen molar-refractivity contribution in [2.24, 2.45) is 0 Å². The Hall–Kier alpha value is -7.90. The Bertz CT molecular complexity index is 2290. The predicted octanol–water partition coefficient (Wildman–Crippen LogP) is 23.3. The molecule has 0 bridgehead atoms. The second-order valence-electron chi connectivity index (χ2n) is 25.6. The molecule has 0 atom stereocenters. The first kappa shape index (κ1) is 124. The molecule has 0 saturated carbocycles. The quantitative estimate of drug-likeness (QED) is 0.0237. The molecule has 0 radical (unpaired) electrons. The minimum atomic E-state index is -0.330. The number of hydrogen-bond acceptors (Lipinski definition) is 20. The van der Waals surface area contributed by atoms with Gasteiger partial charge in [-0.3, -0.25) is 0 Å². The maximum Gasteiger partial charge on any atom is 0.333 e. The van der Waals surface area contributed by atoms with Crippen molar-refractivity contribution in [1.82, 2.24) is 0 Å². The minimum Gasteiger partial charge on any atom is -0.463 e. The van der Waals surface area contributed by atoms with E-state index in [2.05, 4.69) is 133 Å². The molecule has 0 aliphatic heterocycles. The molecular weight excluding hydrogens is 1410 g/mol. The Kier molecular flexibility index (Phi) is 121. The van der Waals surface area contributed by atoms with Gasteiger partial charge in [-0.05, 0) is 98.8 Å². The van der Waals surface area contributed by atoms with Gasteiger partial charge in [0.2, 0.25) is 0 Å². The van der Waals surface area contributed by atoms with Crippen LogP contribution in [-0.2, 0) is 95.3 Å². The summed E-state index contributed by atoms with van der Waals surface area (Å²) in [6.07, 6.45) is 46.2. The molecule has 0 aromatic heterocycles. The molecule has 0 rings (SSSR count). The lowest BCUT2D eigenvalue weighted by Gasteiger charge is -2.03. The van der Waals surface area contributed by atoms with E-state index in [9.17, 15) is 47.9 Å². The molecule has 20 heteroatoms. The van der Waals surface area contributed by atoms with Gasteiger partial charge in [0.25, 0.3) is 0 Å². The fraction of sp³-hybridized carbons (Fsp3) is 0.670. The normalized spacial score (nSPS) is 9.25. The van der Waals surface area contributed by atoms with Crippen LogP contribution in [0.25, 0.3) is 0 Å². The molecular formula is C91H162O20. The van der Waals surface area contributed by atoms with Gasteiger partial charge in [-0.1, -0.05) is 302 Å². The van der Waals surface area contributed by atoms with Crippen LogP contribution in [-0.4, -0.2) is 126 Å². The molecule has 0 aliphatic rings. The van der Waals surface area contributed by atoms with Gasteiger partial charge in [0, 0.05) is 58.2 Å². The van der Waals surface area contributed by atoms with E-state index in [-0.39, 0.29) is 59.7 Å². The molecule has 20 nitrogen and oxygen atoms in total. The lowest BCUT2D eigenvalue weighted by atomic mass is 10.2. The average Bonchev–Trinajstić information content (AvgIpc) is 1.10. The van der Waals surface area contributed by atoms with Crippen molar-refractivity contribution >= 4 is 59.7 Å². The van der Waals surface area contributed by atoms with Gasteiger partial charge in [-0.15, -0.1) is 0 Å². The van der Waals surface area contributed by atoms with Crippen molar-refractivity contribution < 1.29 is 95.3 Å². The zero-order valence-corrected chi connectivity index (χ0v) is 73.1. The van der Waals surface area contributed by atoms with Crippen LogP contribution in [0.1, 0.15) is 335 Å². The second-order valence-corrected chi connectivity index (χ2v) is 25.6. The molecule has 0 aromatic carbocycles. The number of carbonyl (C=O) groups excluding carboxylic acids is 10. The monoisotopic (exact) mass is 1580 g/mol. The van der Waals surface area contributed by atoms with E-state index in [4.69, 9.17) is 42.6 Å². The Morgan fingerprint density at radius 1 is 0.180 bits per heavy atom. The lowest BCUT2D eigenvalue weighted by molar-refractivity contribution is -0.139. The number of carbonyl (C=O) groups is 10. The van der Waals surface area contributed by atoms with E-state index >= 15 is 0 Å². The largest absolute Gasteiger partial charge is 0.463 e. The van der Waals surface area contributed by atoms with Gasteiger partial charge in [-0.25, -0.2) is 47.9 Å². The van der Waals surface area contributed by atoms with Gasteiger partial charge in [0.05, 0.1) is 66.1 Å². The average molecular weight is 1580 g/mol. The van der Waals surface area contributed by atoms with Crippen molar-refractivity contribution in [2.75, 3.05) is 66.1 Å². The van der Waals surface area contributed by atoms with E-state index in [0.29, 0.717) is 93.9 Å². The highest BCUT2D eigenvalue weighted by Crippen LogP contribution is 2.07. The smallest absolute Gasteiger partial charge is 0.333 e. The zero-order valence-electron chi connectivity index (χ0n) is 73.1. The number of rotatable bonds is 56. The summed E-state index contributed by atoms with van der Waals surface area (Å²) in [5.41, 5.74) is 2.38. The Labute approximate surface area is 676 Å². The third-order valence-electron chi connectivity index (χ3n) is 13.9. The minimum absolute atomic E-state index is 0.268. The van der Waals surface area contributed by atoms with Crippen LogP contribution in [0, 0.1) is 0 Å². The van der Waals surface area contributed by atoms with Crippen molar-refractivity contribution in [3.05, 3.63) is 124 Å². The maximum atomic E-state index is 10.9. The van der Waals surface area contributed by atoms with Crippen LogP contribution in [0.5, 0.6) is 0 Å². The van der Waals surface area contributed by atoms with Gasteiger partial charge in [0.1, 0.15) is 0 Å². The fourth-order valence-corrected chi connectivity index (χ4v) is 7.12. The highest BCUT2D eigenvalue weighted by Gasteiger charge is 2.06. The van der Waals surface area contributed by atoms with Gasteiger partial charge in [0.15, 0.2) is 0 Å². The summed E-state index contributed by atoms with van der Waals surface area (Å²) < 4.78 is 48.2. The highest BCUT2D eigenvalue weighted by atomic mass is 16.6. The van der Waals surface area contributed by atoms with Crippen molar-refractivity contribution in [3.8, 4) is 0 Å². The summed E-state index contributed by atoms with van der Waals surface area (Å²) in [4.78, 5) is 106. The molecule has 0 unspecified atom stereocenters. The molecule has 0 heterocycles. The Morgan fingerprint density at radius 2 is 0.288 bits per heavy atom. The molecule has 0 aromatic rings. The Morgan fingerprint density at radius 3 is 0.432 bits per heavy atom. The number of ether oxygens (including phenoxy) is 10. The van der Waals surface area contributed by atoms with Gasteiger partial charge < -0.3 is 47.4 Å². The third-order valence-corrected chi connectivity index (χ3v) is 13.9. The number of hydrogen-bond donors (Lipinski definition) is 0. The first-order chi connectivity index (χ1) is 52.9. The van der Waals surface area contributed by atoms with Gasteiger partial charge >= 0.3 is 59.7 Å². The van der Waals surface area contributed by atoms with E-state index in [1.54, 1.807) is 34.6 Å². The van der Waals surface area contributed by atoms with Crippen LogP contribution < -0.4 is 0 Å². The summed E-state index contributed by atoms with van der Waals surface area (Å²) in [6, 6.07) is 0. The number of esters is 10. The van der Waals surface area contributed by atoms with E-state index in [1.165, 1.54) is 120 Å². The van der Waals surface area contributed by atoms with Crippen molar-refractivity contribution in [3.63, 3.8) is 0 Å². The molecule has 0 fully saturated rings. The molecule has 0 saturated heterocycles. The molecule has 0 amide bonds. The summed E-state index contributed by atoms with van der Waals surface area (Å²) in [5, 5.41) is 0. The van der Waals surface area contributed by atoms with Crippen LogP contribution in [0.4, 0.5) is 0 Å². The van der Waals surface area contributed by atoms with Crippen molar-refractivity contribution in [1.29, 1.82) is 0 Å². The van der Waals surface area contributed by atoms with Crippen LogP contribution in [0.15, 0.2) is 124 Å². The first-order valence-electron chi connectivity index (χ1n) is 41.0. The second kappa shape index (κ2) is 108. The van der Waals surface area contributed by atoms with E-state index < -0.39 is 0 Å². The van der Waals surface area contributed by atoms with Crippen LogP contribution in [0.3, 0.4) is 0 Å². The standard InChI is InChI=1S/C11H20O2.3C10H18O2.3C9H16O2.2C8H14O2.C7H12O2/c1-4-5-6-7-8-9-13-11(12)10(2)3;2*1-4-5-6-7-8-12-10(11)9(2)3;1-3-5-6-7-8-9-12-10(11)4-2;1-4-5-6-7-11-9(10)8(2)3;2*1-3-5-6-7-8-11-9(10)4-2;1-4-5-6-10-8(9)7(2)3;1-3-5-6-7-10-8(9)4-2;1-3-5-6-9-7(8)4-2/h2,4-9H2,1,3H3;2*2,4-8H2,1,3H3;4H,2-3,5-9H2,1H3;2,4-7H2,1,3H3;2*4H,2-3,5-8H2,1H3;2,4-6H2,1,3H3;4H,2-3,5-7H2,1H3;4H,2-3,5-6H2,1H3. The predicted molar refractivity (Wildman–Crippen MR) is 458 cm³/mol. The van der Waals surface area contributed by atoms with Crippen LogP contribution in [0.2, 0.25) is 0 Å². The molecule has 0 N–H and O–H groups in total. The molecule has 111 heavy (non-hydrogen) atoms. The summed E-state index contributed by atoms with van der Waals surface area (Å²) in [6.45, 7) is 68.8. The topological polar surface area (TPSA) is 263 Å². The number of unbranched alkanes of at least 4 members (excludes halogenated alkanes) is 26. The molecule has 0 aliphatic carbocycles. The zero-order chi connectivity index (χ0) is 86.8. The SMILES string of the molecule is C=C(C)C(=O)OCCCC.C=C(C)C(=O)OCCCCC.C=C(C)C(=O)OCCCCCC.C=C(C)C(=O)OCCCCCC.C=C(C)C(=O)OCCCCCCC.C=CC(=O)OCCCC.C=CC(=O)OCCCCC.C=CC(=O)OCCCCCC.C=CC(=O)OCCCCCC.C=CC(=O)OCCCCCCC. The third kappa shape index (κ3) is 132. The van der Waals surface area contributed by atoms with Crippen LogP contribution >= 0.6 is 0 Å². The Balaban J connectivity index is -0.000000128.